The first kappa shape index (κ1) is 16.3. The average molecular weight is 299 g/mol. The van der Waals surface area contributed by atoms with E-state index in [2.05, 4.69) is 46.9 Å². The summed E-state index contributed by atoms with van der Waals surface area (Å²) in [5.41, 5.74) is 2.43. The van der Waals surface area contributed by atoms with Crippen molar-refractivity contribution in [2.45, 2.75) is 32.4 Å². The number of para-hydroxylation sites is 1. The first-order chi connectivity index (χ1) is 10.7. The molecular weight excluding hydrogens is 274 g/mol. The number of benzene rings is 1. The predicted molar refractivity (Wildman–Crippen MR) is 92.0 cm³/mol. The quantitative estimate of drug-likeness (QED) is 0.736. The Morgan fingerprint density at radius 1 is 1.41 bits per heavy atom. The molecule has 0 aliphatic carbocycles. The zero-order valence-electron chi connectivity index (χ0n) is 13.4. The van der Waals surface area contributed by atoms with E-state index >= 15 is 0 Å². The Balaban J connectivity index is 1.93. The predicted octanol–water partition coefficient (Wildman–Crippen LogP) is 2.62. The zero-order chi connectivity index (χ0) is 15.9. The normalized spacial score (nSPS) is 12.3. The van der Waals surface area contributed by atoms with E-state index < -0.39 is 0 Å². The fraction of sp³-hybridized carbons (Fsp3) is 0.389. The number of hydrogen-bond acceptors (Lipinski definition) is 2. The lowest BCUT2D eigenvalue weighted by Crippen LogP contribution is -2.43. The van der Waals surface area contributed by atoms with Crippen LogP contribution in [0.2, 0.25) is 0 Å². The van der Waals surface area contributed by atoms with Crippen molar-refractivity contribution < 1.29 is 4.79 Å². The molecule has 1 amide bonds. The van der Waals surface area contributed by atoms with Gasteiger partial charge in [0.2, 0.25) is 5.91 Å². The van der Waals surface area contributed by atoms with Gasteiger partial charge in [0.05, 0.1) is 6.04 Å². The number of rotatable bonds is 8. The van der Waals surface area contributed by atoms with E-state index in [1.54, 1.807) is 0 Å². The van der Waals surface area contributed by atoms with Crippen LogP contribution in [0.1, 0.15) is 18.5 Å². The number of allylic oxidation sites excluding steroid dienone is 1. The Hall–Kier alpha value is -2.07. The maximum Gasteiger partial charge on any atom is 0.237 e. The lowest BCUT2D eigenvalue weighted by atomic mass is 10.1. The maximum atomic E-state index is 12.1. The molecule has 118 valence electrons. The number of carbonyl (C=O) groups excluding carboxylic acids is 1. The molecule has 22 heavy (non-hydrogen) atoms. The topological polar surface area (TPSA) is 46.1 Å². The molecule has 4 heteroatoms. The Morgan fingerprint density at radius 3 is 2.91 bits per heavy atom. The lowest BCUT2D eigenvalue weighted by molar-refractivity contribution is -0.123. The van der Waals surface area contributed by atoms with Crippen molar-refractivity contribution in [2.24, 2.45) is 0 Å². The van der Waals surface area contributed by atoms with Gasteiger partial charge in [0, 0.05) is 24.3 Å². The third kappa shape index (κ3) is 3.77. The summed E-state index contributed by atoms with van der Waals surface area (Å²) in [6.07, 6.45) is 3.45. The van der Waals surface area contributed by atoms with Crippen LogP contribution in [-0.2, 0) is 11.3 Å². The van der Waals surface area contributed by atoms with Gasteiger partial charge in [-0.15, -0.1) is 6.58 Å². The van der Waals surface area contributed by atoms with Gasteiger partial charge < -0.3 is 15.2 Å². The van der Waals surface area contributed by atoms with Crippen LogP contribution >= 0.6 is 0 Å². The Morgan fingerprint density at radius 2 is 2.18 bits per heavy atom. The number of hydrogen-bond donors (Lipinski definition) is 2. The molecule has 1 aromatic carbocycles. The number of nitrogens with zero attached hydrogens (tertiary/aromatic N) is 1. The molecule has 2 aromatic rings. The SMILES string of the molecule is C=CCCC(NC)C(=O)NCCn1c(C)cc2ccccc21. The first-order valence-electron chi connectivity index (χ1n) is 7.78. The second kappa shape index (κ2) is 7.80. The van der Waals surface area contributed by atoms with Gasteiger partial charge in [-0.25, -0.2) is 0 Å². The molecule has 4 nitrogen and oxygen atoms in total. The molecule has 1 atom stereocenters. The molecule has 2 rings (SSSR count). The van der Waals surface area contributed by atoms with Gasteiger partial charge in [0.1, 0.15) is 0 Å². The number of aromatic nitrogens is 1. The summed E-state index contributed by atoms with van der Waals surface area (Å²) < 4.78 is 2.24. The fourth-order valence-electron chi connectivity index (χ4n) is 2.75. The van der Waals surface area contributed by atoms with Gasteiger partial charge in [-0.2, -0.15) is 0 Å². The maximum absolute atomic E-state index is 12.1. The lowest BCUT2D eigenvalue weighted by Gasteiger charge is -2.16. The molecule has 0 saturated carbocycles. The third-order valence-corrected chi connectivity index (χ3v) is 3.98. The summed E-state index contributed by atoms with van der Waals surface area (Å²) in [6.45, 7) is 7.21. The zero-order valence-corrected chi connectivity index (χ0v) is 13.4. The monoisotopic (exact) mass is 299 g/mol. The summed E-state index contributed by atoms with van der Waals surface area (Å²) in [6, 6.07) is 10.3. The van der Waals surface area contributed by atoms with Crippen molar-refractivity contribution >= 4 is 16.8 Å². The Labute approximate surface area is 132 Å². The smallest absolute Gasteiger partial charge is 0.237 e. The van der Waals surface area contributed by atoms with Crippen molar-refractivity contribution in [3.8, 4) is 0 Å². The van der Waals surface area contributed by atoms with E-state index in [1.165, 1.54) is 16.6 Å². The largest absolute Gasteiger partial charge is 0.353 e. The fourth-order valence-corrected chi connectivity index (χ4v) is 2.75. The second-order valence-corrected chi connectivity index (χ2v) is 5.49. The molecule has 1 heterocycles. The number of aryl methyl sites for hydroxylation is 1. The number of nitrogens with one attached hydrogen (secondary N) is 2. The first-order valence-corrected chi connectivity index (χ1v) is 7.78. The van der Waals surface area contributed by atoms with Crippen LogP contribution in [0.15, 0.2) is 43.0 Å². The van der Waals surface area contributed by atoms with Gasteiger partial charge in [-0.3, -0.25) is 4.79 Å². The molecule has 0 radical (unpaired) electrons. The van der Waals surface area contributed by atoms with Gasteiger partial charge in [0.25, 0.3) is 0 Å². The molecule has 0 fully saturated rings. The highest BCUT2D eigenvalue weighted by Crippen LogP contribution is 2.18. The van der Waals surface area contributed by atoms with E-state index in [-0.39, 0.29) is 11.9 Å². The summed E-state index contributed by atoms with van der Waals surface area (Å²) in [7, 11) is 1.82. The number of carbonyl (C=O) groups is 1. The van der Waals surface area contributed by atoms with Gasteiger partial charge in [-0.1, -0.05) is 24.3 Å². The number of amides is 1. The summed E-state index contributed by atoms with van der Waals surface area (Å²) >= 11 is 0. The van der Waals surface area contributed by atoms with Crippen LogP contribution in [0.5, 0.6) is 0 Å². The molecule has 0 saturated heterocycles. The molecular formula is C18H25N3O. The third-order valence-electron chi connectivity index (χ3n) is 3.98. The van der Waals surface area contributed by atoms with Crippen LogP contribution in [-0.4, -0.2) is 30.1 Å². The Bertz CT molecular complexity index is 645. The van der Waals surface area contributed by atoms with Gasteiger partial charge in [0.15, 0.2) is 0 Å². The molecule has 1 unspecified atom stereocenters. The molecule has 2 N–H and O–H groups in total. The summed E-state index contributed by atoms with van der Waals surface area (Å²) in [5, 5.41) is 7.31. The molecule has 1 aromatic heterocycles. The molecule has 0 aliphatic heterocycles. The second-order valence-electron chi connectivity index (χ2n) is 5.49. The number of fused-ring (bicyclic) bond motifs is 1. The summed E-state index contributed by atoms with van der Waals surface area (Å²) in [5.74, 6) is 0.0541. The van der Waals surface area contributed by atoms with E-state index in [0.29, 0.717) is 6.54 Å². The Kier molecular flexibility index (Phi) is 5.78. The van der Waals surface area contributed by atoms with Crippen LogP contribution in [0.3, 0.4) is 0 Å². The van der Waals surface area contributed by atoms with Crippen molar-refractivity contribution in [3.05, 3.63) is 48.7 Å². The van der Waals surface area contributed by atoms with E-state index in [9.17, 15) is 4.79 Å². The molecule has 0 bridgehead atoms. The van der Waals surface area contributed by atoms with Gasteiger partial charge in [-0.05, 0) is 44.3 Å². The van der Waals surface area contributed by atoms with Crippen molar-refractivity contribution in [1.29, 1.82) is 0 Å². The number of likely N-dealkylation sites (N-methyl/N-ethyl adjacent to an activating group) is 1. The highest BCUT2D eigenvalue weighted by molar-refractivity contribution is 5.82. The van der Waals surface area contributed by atoms with Crippen LogP contribution in [0, 0.1) is 6.92 Å². The molecule has 0 spiro atoms. The minimum absolute atomic E-state index is 0.0541. The standard InChI is InChI=1S/C18H25N3O/c1-4-5-9-16(19-3)18(22)20-11-12-21-14(2)13-15-8-6-7-10-17(15)21/h4,6-8,10,13,16,19H,1,5,9,11-12H2,2-3H3,(H,20,22). The van der Waals surface area contributed by atoms with Crippen molar-refractivity contribution in [3.63, 3.8) is 0 Å². The van der Waals surface area contributed by atoms with Gasteiger partial charge >= 0.3 is 0 Å². The van der Waals surface area contributed by atoms with Crippen molar-refractivity contribution in [1.82, 2.24) is 15.2 Å². The van der Waals surface area contributed by atoms with Crippen LogP contribution < -0.4 is 10.6 Å². The van der Waals surface area contributed by atoms with E-state index in [1.807, 2.05) is 25.3 Å². The van der Waals surface area contributed by atoms with E-state index in [0.717, 1.165) is 19.4 Å². The highest BCUT2D eigenvalue weighted by atomic mass is 16.2. The summed E-state index contributed by atoms with van der Waals surface area (Å²) in [4.78, 5) is 12.1. The van der Waals surface area contributed by atoms with Crippen molar-refractivity contribution in [2.75, 3.05) is 13.6 Å². The van der Waals surface area contributed by atoms with Crippen LogP contribution in [0.25, 0.3) is 10.9 Å². The highest BCUT2D eigenvalue weighted by Gasteiger charge is 2.14. The average Bonchev–Trinajstić information content (AvgIpc) is 2.84. The molecule has 0 aliphatic rings. The van der Waals surface area contributed by atoms with E-state index in [4.69, 9.17) is 0 Å². The minimum Gasteiger partial charge on any atom is -0.353 e. The minimum atomic E-state index is -0.152. The van der Waals surface area contributed by atoms with Crippen LogP contribution in [0.4, 0.5) is 0 Å².